The maximum Gasteiger partial charge on any atom is 0.269 e. The number of hydrogen-bond acceptors (Lipinski definition) is 4. The maximum absolute atomic E-state index is 10.8. The molecule has 0 aliphatic rings. The summed E-state index contributed by atoms with van der Waals surface area (Å²) in [6, 6.07) is 9.52. The van der Waals surface area contributed by atoms with Crippen molar-refractivity contribution in [2.75, 3.05) is 7.11 Å². The SMILES string of the molecule is COc1ccc(OCc2cc([N+](=O)[O-])ccc2Cl)c(Br)c1. The number of nitrogens with zero attached hydrogens (tertiary/aromatic N) is 1. The smallest absolute Gasteiger partial charge is 0.269 e. The van der Waals surface area contributed by atoms with E-state index >= 15 is 0 Å². The first-order valence-electron chi connectivity index (χ1n) is 5.90. The number of nitro groups is 1. The van der Waals surface area contributed by atoms with E-state index in [0.29, 0.717) is 22.1 Å². The van der Waals surface area contributed by atoms with Gasteiger partial charge in [0.2, 0.25) is 0 Å². The molecule has 0 saturated heterocycles. The summed E-state index contributed by atoms with van der Waals surface area (Å²) in [5.41, 5.74) is 0.528. The number of halogens is 2. The van der Waals surface area contributed by atoms with Crippen LogP contribution in [0.1, 0.15) is 5.56 Å². The molecule has 0 heterocycles. The van der Waals surface area contributed by atoms with E-state index in [1.54, 1.807) is 25.3 Å². The van der Waals surface area contributed by atoms with E-state index in [4.69, 9.17) is 21.1 Å². The molecular formula is C14H11BrClNO4. The highest BCUT2D eigenvalue weighted by Crippen LogP contribution is 2.31. The number of non-ortho nitro benzene ring substituents is 1. The van der Waals surface area contributed by atoms with Gasteiger partial charge in [-0.05, 0) is 40.2 Å². The van der Waals surface area contributed by atoms with E-state index in [-0.39, 0.29) is 12.3 Å². The molecule has 110 valence electrons. The Bertz CT molecular complexity index is 678. The second-order valence-electron chi connectivity index (χ2n) is 4.12. The van der Waals surface area contributed by atoms with Crippen molar-refractivity contribution in [3.63, 3.8) is 0 Å². The van der Waals surface area contributed by atoms with Crippen molar-refractivity contribution in [3.8, 4) is 11.5 Å². The number of hydrogen-bond donors (Lipinski definition) is 0. The van der Waals surface area contributed by atoms with Crippen molar-refractivity contribution >= 4 is 33.2 Å². The number of benzene rings is 2. The lowest BCUT2D eigenvalue weighted by Crippen LogP contribution is -1.99. The zero-order valence-corrected chi connectivity index (χ0v) is 13.3. The van der Waals surface area contributed by atoms with Gasteiger partial charge in [-0.3, -0.25) is 10.1 Å². The number of nitro benzene ring substituents is 1. The average molecular weight is 373 g/mol. The molecule has 0 aliphatic heterocycles. The summed E-state index contributed by atoms with van der Waals surface area (Å²) < 4.78 is 11.4. The Morgan fingerprint density at radius 3 is 2.67 bits per heavy atom. The van der Waals surface area contributed by atoms with Crippen LogP contribution in [0.4, 0.5) is 5.69 Å². The number of methoxy groups -OCH3 is 1. The minimum absolute atomic E-state index is 0.0215. The van der Waals surface area contributed by atoms with Crippen molar-refractivity contribution in [3.05, 3.63) is 61.6 Å². The van der Waals surface area contributed by atoms with E-state index in [9.17, 15) is 10.1 Å². The molecular weight excluding hydrogens is 362 g/mol. The van der Waals surface area contributed by atoms with Crippen molar-refractivity contribution < 1.29 is 14.4 Å². The van der Waals surface area contributed by atoms with Gasteiger partial charge in [0, 0.05) is 22.7 Å². The van der Waals surface area contributed by atoms with Gasteiger partial charge in [0.1, 0.15) is 18.1 Å². The molecule has 0 fully saturated rings. The van der Waals surface area contributed by atoms with Crippen LogP contribution in [-0.2, 0) is 6.61 Å². The molecule has 0 bridgehead atoms. The van der Waals surface area contributed by atoms with Gasteiger partial charge < -0.3 is 9.47 Å². The van der Waals surface area contributed by atoms with Gasteiger partial charge in [0.15, 0.2) is 0 Å². The second kappa shape index (κ2) is 6.78. The van der Waals surface area contributed by atoms with Gasteiger partial charge in [-0.15, -0.1) is 0 Å². The van der Waals surface area contributed by atoms with Crippen molar-refractivity contribution in [2.24, 2.45) is 0 Å². The van der Waals surface area contributed by atoms with Crippen LogP contribution in [0.5, 0.6) is 11.5 Å². The fraction of sp³-hybridized carbons (Fsp3) is 0.143. The van der Waals surface area contributed by atoms with Crippen LogP contribution in [0.25, 0.3) is 0 Å². The third-order valence-corrected chi connectivity index (χ3v) is 3.75. The molecule has 2 rings (SSSR count). The van der Waals surface area contributed by atoms with Gasteiger partial charge in [-0.2, -0.15) is 0 Å². The van der Waals surface area contributed by atoms with Crippen molar-refractivity contribution in [1.82, 2.24) is 0 Å². The Labute approximate surface area is 134 Å². The van der Waals surface area contributed by atoms with E-state index < -0.39 is 4.92 Å². The summed E-state index contributed by atoms with van der Waals surface area (Å²) in [5, 5.41) is 11.2. The summed E-state index contributed by atoms with van der Waals surface area (Å²) in [5.74, 6) is 1.29. The van der Waals surface area contributed by atoms with Crippen LogP contribution in [0.3, 0.4) is 0 Å². The second-order valence-corrected chi connectivity index (χ2v) is 5.38. The van der Waals surface area contributed by atoms with Crippen molar-refractivity contribution in [1.29, 1.82) is 0 Å². The monoisotopic (exact) mass is 371 g/mol. The van der Waals surface area contributed by atoms with Crippen LogP contribution >= 0.6 is 27.5 Å². The Kier molecular flexibility index (Phi) is 5.03. The Morgan fingerprint density at radius 2 is 2.05 bits per heavy atom. The number of ether oxygens (including phenoxy) is 2. The lowest BCUT2D eigenvalue weighted by Gasteiger charge is -2.10. The molecule has 7 heteroatoms. The molecule has 0 spiro atoms. The van der Waals surface area contributed by atoms with Gasteiger partial charge in [-0.1, -0.05) is 11.6 Å². The van der Waals surface area contributed by atoms with Crippen LogP contribution in [0.2, 0.25) is 5.02 Å². The molecule has 0 saturated carbocycles. The third-order valence-electron chi connectivity index (χ3n) is 2.76. The molecule has 2 aromatic rings. The molecule has 0 radical (unpaired) electrons. The summed E-state index contributed by atoms with van der Waals surface area (Å²) in [4.78, 5) is 10.3. The Balaban J connectivity index is 2.16. The van der Waals surface area contributed by atoms with E-state index in [1.165, 1.54) is 18.2 Å². The highest BCUT2D eigenvalue weighted by molar-refractivity contribution is 9.10. The standard InChI is InChI=1S/C14H11BrClNO4/c1-20-11-3-5-14(12(15)7-11)21-8-9-6-10(17(18)19)2-4-13(9)16/h2-7H,8H2,1H3. The Hall–Kier alpha value is -1.79. The fourth-order valence-electron chi connectivity index (χ4n) is 1.67. The topological polar surface area (TPSA) is 61.6 Å². The largest absolute Gasteiger partial charge is 0.497 e. The predicted octanol–water partition coefficient (Wildman–Crippen LogP) is 4.60. The lowest BCUT2D eigenvalue weighted by molar-refractivity contribution is -0.384. The van der Waals surface area contributed by atoms with Crippen LogP contribution in [0, 0.1) is 10.1 Å². The average Bonchev–Trinajstić information content (AvgIpc) is 2.47. The molecule has 0 atom stereocenters. The Morgan fingerprint density at radius 1 is 1.29 bits per heavy atom. The van der Waals surface area contributed by atoms with E-state index in [1.807, 2.05) is 0 Å². The van der Waals surface area contributed by atoms with Gasteiger partial charge in [-0.25, -0.2) is 0 Å². The van der Waals surface area contributed by atoms with Crippen LogP contribution in [-0.4, -0.2) is 12.0 Å². The quantitative estimate of drug-likeness (QED) is 0.568. The number of rotatable bonds is 5. The molecule has 0 N–H and O–H groups in total. The minimum Gasteiger partial charge on any atom is -0.497 e. The summed E-state index contributed by atoms with van der Waals surface area (Å²) in [7, 11) is 1.57. The van der Waals surface area contributed by atoms with Gasteiger partial charge in [0.25, 0.3) is 5.69 Å². The van der Waals surface area contributed by atoms with Crippen molar-refractivity contribution in [2.45, 2.75) is 6.61 Å². The van der Waals surface area contributed by atoms with Gasteiger partial charge >= 0.3 is 0 Å². The zero-order chi connectivity index (χ0) is 15.4. The fourth-order valence-corrected chi connectivity index (χ4v) is 2.31. The normalized spacial score (nSPS) is 10.2. The minimum atomic E-state index is -0.469. The third kappa shape index (κ3) is 3.86. The van der Waals surface area contributed by atoms with Crippen LogP contribution in [0.15, 0.2) is 40.9 Å². The molecule has 0 amide bonds. The molecule has 0 aliphatic carbocycles. The van der Waals surface area contributed by atoms with E-state index in [2.05, 4.69) is 15.9 Å². The summed E-state index contributed by atoms with van der Waals surface area (Å²) in [6.45, 7) is 0.130. The highest BCUT2D eigenvalue weighted by atomic mass is 79.9. The molecule has 0 unspecified atom stereocenters. The highest BCUT2D eigenvalue weighted by Gasteiger charge is 2.11. The molecule has 2 aromatic carbocycles. The molecule has 21 heavy (non-hydrogen) atoms. The zero-order valence-electron chi connectivity index (χ0n) is 11.0. The molecule has 5 nitrogen and oxygen atoms in total. The summed E-state index contributed by atoms with van der Waals surface area (Å²) >= 11 is 9.39. The first-order valence-corrected chi connectivity index (χ1v) is 7.07. The van der Waals surface area contributed by atoms with E-state index in [0.717, 1.165) is 4.47 Å². The first kappa shape index (κ1) is 15.6. The summed E-state index contributed by atoms with van der Waals surface area (Å²) in [6.07, 6.45) is 0. The first-order chi connectivity index (χ1) is 10.0. The molecule has 0 aromatic heterocycles. The predicted molar refractivity (Wildman–Crippen MR) is 83.1 cm³/mol. The van der Waals surface area contributed by atoms with Crippen LogP contribution < -0.4 is 9.47 Å². The maximum atomic E-state index is 10.8. The van der Waals surface area contributed by atoms with Gasteiger partial charge in [0.05, 0.1) is 16.5 Å². The lowest BCUT2D eigenvalue weighted by atomic mass is 10.2.